The second kappa shape index (κ2) is 4.35. The van der Waals surface area contributed by atoms with Gasteiger partial charge in [0.2, 0.25) is 0 Å². The normalized spacial score (nSPS) is 10.9. The predicted octanol–water partition coefficient (Wildman–Crippen LogP) is 3.10. The molecule has 2 aromatic rings. The lowest BCUT2D eigenvalue weighted by Crippen LogP contribution is -2.30. The molecule has 0 aliphatic heterocycles. The van der Waals surface area contributed by atoms with E-state index in [-0.39, 0.29) is 11.9 Å². The van der Waals surface area contributed by atoms with Crippen molar-refractivity contribution in [1.82, 2.24) is 10.3 Å². The van der Waals surface area contributed by atoms with E-state index in [1.807, 2.05) is 26.0 Å². The molecule has 1 aromatic heterocycles. The first kappa shape index (κ1) is 11.3. The third-order valence-electron chi connectivity index (χ3n) is 2.12. The van der Waals surface area contributed by atoms with Crippen LogP contribution in [0.25, 0.3) is 10.2 Å². The van der Waals surface area contributed by atoms with Gasteiger partial charge in [-0.2, -0.15) is 0 Å². The van der Waals surface area contributed by atoms with Gasteiger partial charge in [0.05, 0.1) is 15.8 Å². The van der Waals surface area contributed by atoms with Crippen molar-refractivity contribution in [3.63, 3.8) is 0 Å². The van der Waals surface area contributed by atoms with Gasteiger partial charge in [-0.1, -0.05) is 6.07 Å². The highest BCUT2D eigenvalue weighted by atomic mass is 32.1. The zero-order valence-corrected chi connectivity index (χ0v) is 10.7. The lowest BCUT2D eigenvalue weighted by molar-refractivity contribution is 0.0944. The molecule has 2 N–H and O–H groups in total. The van der Waals surface area contributed by atoms with Gasteiger partial charge in [0.1, 0.15) is 0 Å². The van der Waals surface area contributed by atoms with E-state index >= 15 is 0 Å². The van der Waals surface area contributed by atoms with Crippen molar-refractivity contribution in [2.24, 2.45) is 0 Å². The van der Waals surface area contributed by atoms with Gasteiger partial charge in [0, 0.05) is 6.04 Å². The highest BCUT2D eigenvalue weighted by Crippen LogP contribution is 2.22. The van der Waals surface area contributed by atoms with Crippen molar-refractivity contribution < 1.29 is 4.79 Å². The molecule has 0 atom stereocenters. The Morgan fingerprint density at radius 2 is 2.25 bits per heavy atom. The number of nitrogens with one attached hydrogen (secondary N) is 2. The Balaban J connectivity index is 2.51. The number of fused-ring (bicyclic) bond motifs is 1. The van der Waals surface area contributed by atoms with Gasteiger partial charge in [-0.25, -0.2) is 0 Å². The molecule has 16 heavy (non-hydrogen) atoms. The number of thiazole rings is 1. The first-order valence-electron chi connectivity index (χ1n) is 5.00. The molecule has 5 heteroatoms. The number of hydrogen-bond donors (Lipinski definition) is 2. The molecule has 0 bridgehead atoms. The second-order valence-corrected chi connectivity index (χ2v) is 5.54. The van der Waals surface area contributed by atoms with E-state index in [0.717, 1.165) is 10.2 Å². The predicted molar refractivity (Wildman–Crippen MR) is 69.6 cm³/mol. The summed E-state index contributed by atoms with van der Waals surface area (Å²) in [5.41, 5.74) is 1.48. The fraction of sp³-hybridized carbons (Fsp3) is 0.273. The standard InChI is InChI=1S/C11H12N2OS2/c1-6(2)12-10(14)7-4-3-5-8-9(7)13-11(15)16-8/h3-6H,1-2H3,(H,12,14)(H,13,15). The first-order chi connectivity index (χ1) is 7.58. The van der Waals surface area contributed by atoms with Crippen LogP contribution < -0.4 is 5.32 Å². The summed E-state index contributed by atoms with van der Waals surface area (Å²) in [7, 11) is 0. The van der Waals surface area contributed by atoms with Crippen LogP contribution in [0, 0.1) is 3.95 Å². The molecule has 0 saturated carbocycles. The molecular formula is C11H12N2OS2. The molecule has 0 aliphatic rings. The zero-order chi connectivity index (χ0) is 11.7. The summed E-state index contributed by atoms with van der Waals surface area (Å²) in [6.07, 6.45) is 0. The van der Waals surface area contributed by atoms with Gasteiger partial charge >= 0.3 is 0 Å². The molecule has 3 nitrogen and oxygen atoms in total. The number of rotatable bonds is 2. The number of aromatic amines is 1. The third kappa shape index (κ3) is 2.15. The van der Waals surface area contributed by atoms with Crippen molar-refractivity contribution in [3.8, 4) is 0 Å². The third-order valence-corrected chi connectivity index (χ3v) is 3.32. The second-order valence-electron chi connectivity index (χ2n) is 3.82. The van der Waals surface area contributed by atoms with Crippen molar-refractivity contribution >= 4 is 39.7 Å². The van der Waals surface area contributed by atoms with Gasteiger partial charge in [-0.05, 0) is 38.2 Å². The molecule has 0 unspecified atom stereocenters. The quantitative estimate of drug-likeness (QED) is 0.807. The fourth-order valence-corrected chi connectivity index (χ4v) is 2.64. The first-order valence-corrected chi connectivity index (χ1v) is 6.23. The lowest BCUT2D eigenvalue weighted by Gasteiger charge is -2.08. The monoisotopic (exact) mass is 252 g/mol. The number of benzene rings is 1. The van der Waals surface area contributed by atoms with Crippen LogP contribution >= 0.6 is 23.6 Å². The summed E-state index contributed by atoms with van der Waals surface area (Å²) >= 11 is 6.56. The van der Waals surface area contributed by atoms with E-state index < -0.39 is 0 Å². The summed E-state index contributed by atoms with van der Waals surface area (Å²) < 4.78 is 1.71. The molecule has 0 radical (unpaired) electrons. The minimum absolute atomic E-state index is 0.0651. The minimum Gasteiger partial charge on any atom is -0.350 e. The largest absolute Gasteiger partial charge is 0.350 e. The Kier molecular flexibility index (Phi) is 3.07. The highest BCUT2D eigenvalue weighted by Gasteiger charge is 2.11. The Morgan fingerprint density at radius 1 is 1.50 bits per heavy atom. The maximum Gasteiger partial charge on any atom is 0.253 e. The molecular weight excluding hydrogens is 240 g/mol. The molecule has 0 saturated heterocycles. The zero-order valence-electron chi connectivity index (χ0n) is 9.03. The average Bonchev–Trinajstić information content (AvgIpc) is 2.55. The molecule has 2 rings (SSSR count). The van der Waals surface area contributed by atoms with Crippen molar-refractivity contribution in [2.75, 3.05) is 0 Å². The maximum absolute atomic E-state index is 11.9. The van der Waals surface area contributed by atoms with E-state index in [9.17, 15) is 4.79 Å². The van der Waals surface area contributed by atoms with Crippen molar-refractivity contribution in [3.05, 3.63) is 27.7 Å². The Morgan fingerprint density at radius 3 is 2.94 bits per heavy atom. The lowest BCUT2D eigenvalue weighted by atomic mass is 10.2. The number of hydrogen-bond acceptors (Lipinski definition) is 3. The Hall–Kier alpha value is -1.20. The molecule has 1 amide bonds. The SMILES string of the molecule is CC(C)NC(=O)c1cccc2sc(=S)[nH]c12. The summed E-state index contributed by atoms with van der Waals surface area (Å²) in [5, 5.41) is 2.87. The van der Waals surface area contributed by atoms with Gasteiger partial charge in [0.25, 0.3) is 5.91 Å². The number of carbonyl (C=O) groups is 1. The number of H-pyrrole nitrogens is 1. The topological polar surface area (TPSA) is 44.9 Å². The van der Waals surface area contributed by atoms with Crippen LogP contribution in [-0.2, 0) is 0 Å². The highest BCUT2D eigenvalue weighted by molar-refractivity contribution is 7.73. The molecule has 84 valence electrons. The van der Waals surface area contributed by atoms with E-state index in [1.165, 1.54) is 11.3 Å². The van der Waals surface area contributed by atoms with Crippen LogP contribution in [0.1, 0.15) is 24.2 Å². The van der Waals surface area contributed by atoms with Gasteiger partial charge < -0.3 is 10.3 Å². The van der Waals surface area contributed by atoms with E-state index in [2.05, 4.69) is 10.3 Å². The number of para-hydroxylation sites is 1. The Bertz CT molecular complexity index is 583. The maximum atomic E-state index is 11.9. The van der Waals surface area contributed by atoms with Gasteiger partial charge in [0.15, 0.2) is 3.95 Å². The number of carbonyl (C=O) groups excluding carboxylic acids is 1. The summed E-state index contributed by atoms with van der Waals surface area (Å²) in [4.78, 5) is 15.0. The molecule has 0 aliphatic carbocycles. The van der Waals surface area contributed by atoms with Crippen molar-refractivity contribution in [1.29, 1.82) is 0 Å². The van der Waals surface area contributed by atoms with Crippen LogP contribution in [-0.4, -0.2) is 16.9 Å². The summed E-state index contributed by atoms with van der Waals surface area (Å²) in [5.74, 6) is -0.0651. The van der Waals surface area contributed by atoms with Crippen LogP contribution in [0.2, 0.25) is 0 Å². The van der Waals surface area contributed by atoms with E-state index in [1.54, 1.807) is 6.07 Å². The van der Waals surface area contributed by atoms with E-state index in [0.29, 0.717) is 9.52 Å². The smallest absolute Gasteiger partial charge is 0.253 e. The van der Waals surface area contributed by atoms with Crippen LogP contribution in [0.4, 0.5) is 0 Å². The fourth-order valence-electron chi connectivity index (χ4n) is 1.50. The van der Waals surface area contributed by atoms with E-state index in [4.69, 9.17) is 12.2 Å². The molecule has 1 aromatic carbocycles. The van der Waals surface area contributed by atoms with Crippen LogP contribution in [0.5, 0.6) is 0 Å². The van der Waals surface area contributed by atoms with Crippen molar-refractivity contribution in [2.45, 2.75) is 19.9 Å². The van der Waals surface area contributed by atoms with Crippen LogP contribution in [0.15, 0.2) is 18.2 Å². The minimum atomic E-state index is -0.0651. The number of amides is 1. The molecule has 0 fully saturated rings. The summed E-state index contributed by atoms with van der Waals surface area (Å²) in [6.45, 7) is 3.88. The summed E-state index contributed by atoms with van der Waals surface area (Å²) in [6, 6.07) is 5.76. The number of aromatic nitrogens is 1. The Labute approximate surface area is 103 Å². The van der Waals surface area contributed by atoms with Crippen LogP contribution in [0.3, 0.4) is 0 Å². The molecule has 1 heterocycles. The van der Waals surface area contributed by atoms with Gasteiger partial charge in [-0.15, -0.1) is 11.3 Å². The van der Waals surface area contributed by atoms with Gasteiger partial charge in [-0.3, -0.25) is 4.79 Å². The average molecular weight is 252 g/mol. The molecule has 0 spiro atoms.